The molecule has 0 unspecified atom stereocenters. The van der Waals surface area contributed by atoms with Crippen LogP contribution in [0.3, 0.4) is 0 Å². The van der Waals surface area contributed by atoms with E-state index in [1.54, 1.807) is 44.2 Å². The molecule has 0 heterocycles. The normalized spacial score (nSPS) is 11.2. The molecule has 0 radical (unpaired) electrons. The maximum absolute atomic E-state index is 13.8. The minimum Gasteiger partial charge on any atom is -0.506 e. The molecular formula is C21H16Cl2F2O. The van der Waals surface area contributed by atoms with Crippen LogP contribution in [0.5, 0.6) is 5.75 Å². The first-order valence-corrected chi connectivity index (χ1v) is 8.73. The predicted molar refractivity (Wildman–Crippen MR) is 101 cm³/mol. The van der Waals surface area contributed by atoms with Crippen molar-refractivity contribution in [3.63, 3.8) is 0 Å². The number of hydrogen-bond acceptors (Lipinski definition) is 1. The summed E-state index contributed by atoms with van der Waals surface area (Å²) in [5.41, 5.74) is 2.89. The molecule has 3 aromatic carbocycles. The summed E-state index contributed by atoms with van der Waals surface area (Å²) in [6.07, 6.45) is 0. The van der Waals surface area contributed by atoms with Crippen molar-refractivity contribution in [1.29, 1.82) is 0 Å². The molecule has 0 saturated heterocycles. The Balaban J connectivity index is 2.29. The van der Waals surface area contributed by atoms with Crippen molar-refractivity contribution in [1.82, 2.24) is 0 Å². The van der Waals surface area contributed by atoms with Crippen LogP contribution in [-0.2, 0) is 0 Å². The van der Waals surface area contributed by atoms with Crippen LogP contribution in [-0.4, -0.2) is 5.11 Å². The molecule has 0 fully saturated rings. The molecule has 5 heteroatoms. The second-order valence-electron chi connectivity index (χ2n) is 6.28. The minimum atomic E-state index is -0.482. The van der Waals surface area contributed by atoms with Gasteiger partial charge in [-0.3, -0.25) is 0 Å². The highest BCUT2D eigenvalue weighted by Crippen LogP contribution is 2.42. The number of phenols is 1. The molecule has 3 aromatic rings. The van der Waals surface area contributed by atoms with Crippen molar-refractivity contribution < 1.29 is 13.9 Å². The summed E-state index contributed by atoms with van der Waals surface area (Å²) < 4.78 is 27.5. The van der Waals surface area contributed by atoms with E-state index in [9.17, 15) is 13.9 Å². The number of phenolic OH excluding ortho intramolecular Hbond substituents is 1. The van der Waals surface area contributed by atoms with Gasteiger partial charge in [-0.05, 0) is 60.4 Å². The van der Waals surface area contributed by atoms with Crippen molar-refractivity contribution in [2.45, 2.75) is 19.8 Å². The second kappa shape index (κ2) is 7.26. The first kappa shape index (κ1) is 18.7. The van der Waals surface area contributed by atoms with Gasteiger partial charge in [-0.25, -0.2) is 8.78 Å². The SMILES string of the molecule is Cc1cc(C(c2ccc(F)c(C)c2)c2cc(Cl)cc(Cl)c2O)ccc1F. The molecule has 0 saturated carbocycles. The number of aryl methyl sites for hydroxylation is 2. The summed E-state index contributed by atoms with van der Waals surface area (Å²) in [4.78, 5) is 0. The highest BCUT2D eigenvalue weighted by molar-refractivity contribution is 6.35. The minimum absolute atomic E-state index is 0.106. The first-order chi connectivity index (χ1) is 12.3. The number of halogens is 4. The fraction of sp³-hybridized carbons (Fsp3) is 0.143. The lowest BCUT2D eigenvalue weighted by molar-refractivity contribution is 0.467. The Morgan fingerprint density at radius 1 is 0.808 bits per heavy atom. The third-order valence-corrected chi connectivity index (χ3v) is 4.91. The molecule has 0 amide bonds. The third kappa shape index (κ3) is 3.55. The first-order valence-electron chi connectivity index (χ1n) is 7.98. The molecule has 0 atom stereocenters. The summed E-state index contributed by atoms with van der Waals surface area (Å²) in [6.45, 7) is 3.33. The molecule has 1 nitrogen and oxygen atoms in total. The van der Waals surface area contributed by atoms with Crippen molar-refractivity contribution in [2.75, 3.05) is 0 Å². The van der Waals surface area contributed by atoms with Crippen LogP contribution in [0.4, 0.5) is 8.78 Å². The van der Waals surface area contributed by atoms with E-state index in [0.717, 1.165) is 11.1 Å². The van der Waals surface area contributed by atoms with Crippen LogP contribution in [0.1, 0.15) is 33.7 Å². The van der Waals surface area contributed by atoms with Gasteiger partial charge in [0.25, 0.3) is 0 Å². The molecule has 0 aromatic heterocycles. The standard InChI is InChI=1S/C21H16Cl2F2O/c1-11-7-13(3-5-18(11)24)20(14-4-6-19(25)12(2)8-14)16-9-15(22)10-17(23)21(16)26/h3-10,20,26H,1-2H3. The molecule has 0 spiro atoms. The fourth-order valence-corrected chi connectivity index (χ4v) is 3.56. The maximum atomic E-state index is 13.8. The van der Waals surface area contributed by atoms with E-state index in [2.05, 4.69) is 0 Å². The number of rotatable bonds is 3. The summed E-state index contributed by atoms with van der Waals surface area (Å²) in [6, 6.07) is 12.5. The second-order valence-corrected chi connectivity index (χ2v) is 7.12. The van der Waals surface area contributed by atoms with Gasteiger partial charge < -0.3 is 5.11 Å². The Kier molecular flexibility index (Phi) is 5.22. The van der Waals surface area contributed by atoms with E-state index in [1.807, 2.05) is 0 Å². The maximum Gasteiger partial charge on any atom is 0.138 e. The average molecular weight is 393 g/mol. The van der Waals surface area contributed by atoms with Gasteiger partial charge in [0, 0.05) is 16.5 Å². The summed E-state index contributed by atoms with van der Waals surface area (Å²) in [5.74, 6) is -1.23. The number of benzene rings is 3. The molecule has 3 rings (SSSR count). The average Bonchev–Trinajstić information content (AvgIpc) is 2.58. The Labute approximate surface area is 160 Å². The molecule has 0 aliphatic rings. The van der Waals surface area contributed by atoms with Crippen LogP contribution in [0.2, 0.25) is 10.0 Å². The zero-order valence-corrected chi connectivity index (χ0v) is 15.7. The summed E-state index contributed by atoms with van der Waals surface area (Å²) in [5, 5.41) is 11.0. The smallest absolute Gasteiger partial charge is 0.138 e. The Hall–Kier alpha value is -2.10. The predicted octanol–water partition coefficient (Wildman–Crippen LogP) is 6.77. The molecule has 0 aliphatic carbocycles. The fourth-order valence-electron chi connectivity index (χ4n) is 3.05. The summed E-state index contributed by atoms with van der Waals surface area (Å²) in [7, 11) is 0. The van der Waals surface area contributed by atoms with Gasteiger partial charge >= 0.3 is 0 Å². The van der Waals surface area contributed by atoms with Crippen molar-refractivity contribution in [3.05, 3.63) is 98.0 Å². The Morgan fingerprint density at radius 3 is 1.77 bits per heavy atom. The largest absolute Gasteiger partial charge is 0.506 e. The van der Waals surface area contributed by atoms with Crippen LogP contribution >= 0.6 is 23.2 Å². The van der Waals surface area contributed by atoms with E-state index in [4.69, 9.17) is 23.2 Å². The van der Waals surface area contributed by atoms with Crippen molar-refractivity contribution in [2.24, 2.45) is 0 Å². The summed E-state index contributed by atoms with van der Waals surface area (Å²) >= 11 is 12.2. The Bertz CT molecular complexity index is 934. The van der Waals surface area contributed by atoms with Crippen molar-refractivity contribution in [3.8, 4) is 5.75 Å². The molecule has 0 bridgehead atoms. The zero-order chi connectivity index (χ0) is 19.0. The Morgan fingerprint density at radius 2 is 1.31 bits per heavy atom. The highest BCUT2D eigenvalue weighted by atomic mass is 35.5. The lowest BCUT2D eigenvalue weighted by Crippen LogP contribution is -2.06. The van der Waals surface area contributed by atoms with Gasteiger partial charge in [0.1, 0.15) is 17.4 Å². The molecule has 0 aliphatic heterocycles. The lowest BCUT2D eigenvalue weighted by Gasteiger charge is -2.22. The van der Waals surface area contributed by atoms with Crippen LogP contribution in [0.25, 0.3) is 0 Å². The van der Waals surface area contributed by atoms with Gasteiger partial charge in [0.2, 0.25) is 0 Å². The van der Waals surface area contributed by atoms with E-state index >= 15 is 0 Å². The molecule has 134 valence electrons. The van der Waals surface area contributed by atoms with Gasteiger partial charge in [0.05, 0.1) is 5.02 Å². The van der Waals surface area contributed by atoms with Gasteiger partial charge in [-0.2, -0.15) is 0 Å². The highest BCUT2D eigenvalue weighted by Gasteiger charge is 2.23. The molecule has 1 N–H and O–H groups in total. The van der Waals surface area contributed by atoms with Crippen LogP contribution < -0.4 is 0 Å². The molecule has 26 heavy (non-hydrogen) atoms. The van der Waals surface area contributed by atoms with E-state index in [1.165, 1.54) is 18.2 Å². The lowest BCUT2D eigenvalue weighted by atomic mass is 9.83. The number of hydrogen-bond donors (Lipinski definition) is 1. The molecular weight excluding hydrogens is 377 g/mol. The monoisotopic (exact) mass is 392 g/mol. The zero-order valence-electron chi connectivity index (χ0n) is 14.2. The van der Waals surface area contributed by atoms with E-state index < -0.39 is 5.92 Å². The van der Waals surface area contributed by atoms with E-state index in [0.29, 0.717) is 21.7 Å². The van der Waals surface area contributed by atoms with Gasteiger partial charge in [-0.1, -0.05) is 47.5 Å². The van der Waals surface area contributed by atoms with Crippen molar-refractivity contribution >= 4 is 23.2 Å². The van der Waals surface area contributed by atoms with Gasteiger partial charge in [-0.15, -0.1) is 0 Å². The van der Waals surface area contributed by atoms with Crippen LogP contribution in [0, 0.1) is 25.5 Å². The van der Waals surface area contributed by atoms with E-state index in [-0.39, 0.29) is 22.4 Å². The third-order valence-electron chi connectivity index (χ3n) is 4.40. The number of aromatic hydroxyl groups is 1. The topological polar surface area (TPSA) is 20.2 Å². The van der Waals surface area contributed by atoms with Crippen LogP contribution in [0.15, 0.2) is 48.5 Å². The van der Waals surface area contributed by atoms with Gasteiger partial charge in [0.15, 0.2) is 0 Å². The quantitative estimate of drug-likeness (QED) is 0.487.